The Morgan fingerprint density at radius 3 is 2.80 bits per heavy atom. The number of carbonyl (C=O) groups is 2. The molecule has 2 heterocycles. The van der Waals surface area contributed by atoms with Gasteiger partial charge < -0.3 is 5.11 Å². The molecule has 78 valence electrons. The number of rotatable bonds is 2. The van der Waals surface area contributed by atoms with Crippen molar-refractivity contribution in [3.8, 4) is 0 Å². The molecule has 0 aromatic carbocycles. The van der Waals surface area contributed by atoms with E-state index in [0.29, 0.717) is 4.91 Å². The van der Waals surface area contributed by atoms with Crippen LogP contribution in [-0.4, -0.2) is 27.9 Å². The fourth-order valence-corrected chi connectivity index (χ4v) is 2.68. The van der Waals surface area contributed by atoms with E-state index in [1.54, 1.807) is 6.08 Å². The zero-order valence-electron chi connectivity index (χ0n) is 7.54. The maximum Gasteiger partial charge on any atom is 0.295 e. The highest BCUT2D eigenvalue weighted by Crippen LogP contribution is 2.32. The molecule has 1 saturated heterocycles. The van der Waals surface area contributed by atoms with Gasteiger partial charge in [-0.15, -0.1) is 11.3 Å². The van der Waals surface area contributed by atoms with Gasteiger partial charge in [0.15, 0.2) is 0 Å². The zero-order chi connectivity index (χ0) is 10.8. The summed E-state index contributed by atoms with van der Waals surface area (Å²) in [5.74, 6) is -0.430. The molecule has 1 aromatic heterocycles. The first kappa shape index (κ1) is 10.4. The van der Waals surface area contributed by atoms with Crippen molar-refractivity contribution in [2.75, 3.05) is 6.73 Å². The van der Waals surface area contributed by atoms with Gasteiger partial charge in [0, 0.05) is 4.88 Å². The molecule has 1 aromatic rings. The van der Waals surface area contributed by atoms with E-state index in [4.69, 9.17) is 5.11 Å². The molecule has 0 bridgehead atoms. The fourth-order valence-electron chi connectivity index (χ4n) is 1.12. The van der Waals surface area contributed by atoms with E-state index in [2.05, 4.69) is 0 Å². The predicted octanol–water partition coefficient (Wildman–Crippen LogP) is 1.73. The minimum absolute atomic E-state index is 0.358. The lowest BCUT2D eigenvalue weighted by molar-refractivity contribution is -0.125. The smallest absolute Gasteiger partial charge is 0.295 e. The minimum atomic E-state index is -0.563. The summed E-state index contributed by atoms with van der Waals surface area (Å²) < 4.78 is 0. The Morgan fingerprint density at radius 1 is 1.47 bits per heavy atom. The van der Waals surface area contributed by atoms with Gasteiger partial charge in [-0.05, 0) is 29.3 Å². The van der Waals surface area contributed by atoms with Crippen molar-refractivity contribution in [2.24, 2.45) is 0 Å². The summed E-state index contributed by atoms with van der Waals surface area (Å²) in [7, 11) is 0. The quantitative estimate of drug-likeness (QED) is 0.801. The third-order valence-electron chi connectivity index (χ3n) is 1.83. The Morgan fingerprint density at radius 2 is 2.27 bits per heavy atom. The second-order valence-corrected chi connectivity index (χ2v) is 4.74. The van der Waals surface area contributed by atoms with Gasteiger partial charge in [-0.2, -0.15) is 0 Å². The Hall–Kier alpha value is -1.11. The number of nitrogens with zero attached hydrogens (tertiary/aromatic N) is 1. The summed E-state index contributed by atoms with van der Waals surface area (Å²) in [6.45, 7) is -0.563. The lowest BCUT2D eigenvalue weighted by Gasteiger charge is -2.05. The molecule has 4 nitrogen and oxygen atoms in total. The summed E-state index contributed by atoms with van der Waals surface area (Å²) in [6.07, 6.45) is 1.66. The lowest BCUT2D eigenvalue weighted by atomic mass is 10.4. The molecule has 1 aliphatic heterocycles. The molecular weight excluding hydrogens is 234 g/mol. The molecule has 0 aliphatic carbocycles. The number of thioether (sulfide) groups is 1. The van der Waals surface area contributed by atoms with Crippen molar-refractivity contribution >= 4 is 40.3 Å². The Kier molecular flexibility index (Phi) is 2.90. The summed E-state index contributed by atoms with van der Waals surface area (Å²) in [6, 6.07) is 3.73. The van der Waals surface area contributed by atoms with E-state index in [-0.39, 0.29) is 0 Å². The van der Waals surface area contributed by atoms with Gasteiger partial charge in [0.05, 0.1) is 4.91 Å². The second kappa shape index (κ2) is 4.18. The van der Waals surface area contributed by atoms with Gasteiger partial charge in [0.2, 0.25) is 0 Å². The molecule has 1 aliphatic rings. The first-order valence-corrected chi connectivity index (χ1v) is 5.81. The fraction of sp³-hybridized carbons (Fsp3) is 0.111. The molecule has 0 unspecified atom stereocenters. The van der Waals surface area contributed by atoms with E-state index in [1.165, 1.54) is 11.3 Å². The third-order valence-corrected chi connectivity index (χ3v) is 3.56. The maximum absolute atomic E-state index is 11.5. The van der Waals surface area contributed by atoms with Crippen LogP contribution in [0.2, 0.25) is 0 Å². The zero-order valence-corrected chi connectivity index (χ0v) is 9.18. The number of thiophene rings is 1. The van der Waals surface area contributed by atoms with Crippen LogP contribution in [0.5, 0.6) is 0 Å². The molecule has 0 saturated carbocycles. The molecule has 6 heteroatoms. The molecule has 1 fully saturated rings. The van der Waals surface area contributed by atoms with Gasteiger partial charge in [-0.3, -0.25) is 9.59 Å². The number of aliphatic hydroxyl groups is 1. The van der Waals surface area contributed by atoms with E-state index in [9.17, 15) is 9.59 Å². The van der Waals surface area contributed by atoms with Gasteiger partial charge >= 0.3 is 0 Å². The Balaban J connectivity index is 2.26. The number of imide groups is 1. The van der Waals surface area contributed by atoms with Crippen LogP contribution in [0.4, 0.5) is 4.79 Å². The Labute approximate surface area is 94.2 Å². The number of amides is 2. The van der Waals surface area contributed by atoms with E-state index >= 15 is 0 Å². The summed E-state index contributed by atoms with van der Waals surface area (Å²) in [5, 5.41) is 10.3. The van der Waals surface area contributed by atoms with Crippen molar-refractivity contribution in [3.05, 3.63) is 27.3 Å². The summed E-state index contributed by atoms with van der Waals surface area (Å²) in [4.78, 5) is 24.8. The molecule has 0 spiro atoms. The lowest BCUT2D eigenvalue weighted by Crippen LogP contribution is -2.28. The van der Waals surface area contributed by atoms with Crippen LogP contribution in [0, 0.1) is 0 Å². The van der Waals surface area contributed by atoms with Gasteiger partial charge in [0.25, 0.3) is 11.1 Å². The van der Waals surface area contributed by atoms with Crippen LogP contribution >= 0.6 is 23.1 Å². The van der Waals surface area contributed by atoms with E-state index in [1.807, 2.05) is 17.5 Å². The molecule has 0 atom stereocenters. The summed E-state index contributed by atoms with van der Waals surface area (Å²) >= 11 is 2.34. The van der Waals surface area contributed by atoms with E-state index in [0.717, 1.165) is 21.5 Å². The van der Waals surface area contributed by atoms with Crippen LogP contribution in [0.25, 0.3) is 6.08 Å². The first-order valence-electron chi connectivity index (χ1n) is 4.12. The van der Waals surface area contributed by atoms with Crippen molar-refractivity contribution in [2.45, 2.75) is 0 Å². The largest absolute Gasteiger partial charge is 0.376 e. The SMILES string of the molecule is O=C1S/C(=C\c2cccs2)C(=O)N1CO. The van der Waals surface area contributed by atoms with Crippen molar-refractivity contribution in [1.82, 2.24) is 4.90 Å². The highest BCUT2D eigenvalue weighted by molar-refractivity contribution is 8.18. The number of aliphatic hydroxyl groups excluding tert-OH is 1. The Bertz CT molecular complexity index is 425. The topological polar surface area (TPSA) is 57.6 Å². The average molecular weight is 241 g/mol. The normalized spacial score (nSPS) is 19.3. The van der Waals surface area contributed by atoms with E-state index < -0.39 is 17.9 Å². The second-order valence-electron chi connectivity index (χ2n) is 2.77. The molecule has 2 amide bonds. The van der Waals surface area contributed by atoms with Gasteiger partial charge in [-0.1, -0.05) is 6.07 Å². The van der Waals surface area contributed by atoms with Crippen LogP contribution in [0.3, 0.4) is 0 Å². The maximum atomic E-state index is 11.5. The minimum Gasteiger partial charge on any atom is -0.376 e. The third kappa shape index (κ3) is 1.97. The molecular formula is C9H7NO3S2. The van der Waals surface area contributed by atoms with Crippen molar-refractivity contribution < 1.29 is 14.7 Å². The van der Waals surface area contributed by atoms with Crippen molar-refractivity contribution in [1.29, 1.82) is 0 Å². The average Bonchev–Trinajstić information content (AvgIpc) is 2.78. The first-order chi connectivity index (χ1) is 7.22. The number of carbonyl (C=O) groups excluding carboxylic acids is 2. The van der Waals surface area contributed by atoms with Gasteiger partial charge in [0.1, 0.15) is 6.73 Å². The predicted molar refractivity (Wildman–Crippen MR) is 59.2 cm³/mol. The van der Waals surface area contributed by atoms with Crippen molar-refractivity contribution in [3.63, 3.8) is 0 Å². The molecule has 15 heavy (non-hydrogen) atoms. The van der Waals surface area contributed by atoms with Crippen LogP contribution in [0.1, 0.15) is 4.88 Å². The van der Waals surface area contributed by atoms with Crippen LogP contribution < -0.4 is 0 Å². The highest BCUT2D eigenvalue weighted by Gasteiger charge is 2.34. The molecule has 1 N–H and O–H groups in total. The standard InChI is InChI=1S/C9H7NO3S2/c11-5-10-8(12)7(15-9(10)13)4-6-2-1-3-14-6/h1-4,11H,5H2/b7-4-. The molecule has 0 radical (unpaired) electrons. The van der Waals surface area contributed by atoms with Crippen LogP contribution in [0.15, 0.2) is 22.4 Å². The van der Waals surface area contributed by atoms with Gasteiger partial charge in [-0.25, -0.2) is 4.90 Å². The summed E-state index contributed by atoms with van der Waals surface area (Å²) in [5.41, 5.74) is 0. The van der Waals surface area contributed by atoms with Crippen LogP contribution in [-0.2, 0) is 4.79 Å². The highest BCUT2D eigenvalue weighted by atomic mass is 32.2. The number of hydrogen-bond donors (Lipinski definition) is 1. The molecule has 2 rings (SSSR count). The monoisotopic (exact) mass is 241 g/mol. The number of hydrogen-bond acceptors (Lipinski definition) is 5.